The van der Waals surface area contributed by atoms with Crippen LogP contribution in [-0.2, 0) is 10.0 Å². The second-order valence-electron chi connectivity index (χ2n) is 7.56. The van der Waals surface area contributed by atoms with E-state index in [2.05, 4.69) is 6.07 Å². The van der Waals surface area contributed by atoms with E-state index in [1.807, 2.05) is 54.6 Å². The molecule has 0 radical (unpaired) electrons. The molecule has 1 saturated heterocycles. The number of sulfonamides is 1. The Balaban J connectivity index is 1.31. The van der Waals surface area contributed by atoms with Gasteiger partial charge in [-0.1, -0.05) is 48.5 Å². The van der Waals surface area contributed by atoms with Gasteiger partial charge >= 0.3 is 0 Å². The van der Waals surface area contributed by atoms with E-state index in [-0.39, 0.29) is 12.0 Å². The van der Waals surface area contributed by atoms with Crippen LogP contribution >= 0.6 is 11.8 Å². The maximum absolute atomic E-state index is 13.3. The summed E-state index contributed by atoms with van der Waals surface area (Å²) in [4.78, 5) is 0.346. The Morgan fingerprint density at radius 2 is 1.58 bits per heavy atom. The van der Waals surface area contributed by atoms with Crippen molar-refractivity contribution in [1.82, 2.24) is 4.31 Å². The van der Waals surface area contributed by atoms with Crippen molar-refractivity contribution in [1.29, 1.82) is 0 Å². The standard InChI is InChI=1S/C24H23NO4S2/c26-31(27,21-9-6-19(7-10-21)18-4-2-1-3-5-18)25-13-12-24(30-15-14-25)20-8-11-22-23(16-20)29-17-28-22/h1-11,16,24H,12-15,17H2. The van der Waals surface area contributed by atoms with E-state index in [4.69, 9.17) is 9.47 Å². The molecule has 0 N–H and O–H groups in total. The van der Waals surface area contributed by atoms with Gasteiger partial charge in [-0.05, 0) is 47.4 Å². The van der Waals surface area contributed by atoms with Gasteiger partial charge in [-0.2, -0.15) is 16.1 Å². The third-order valence-corrected chi connectivity index (χ3v) is 8.91. The molecule has 1 fully saturated rings. The molecule has 1 unspecified atom stereocenters. The first-order chi connectivity index (χ1) is 15.1. The van der Waals surface area contributed by atoms with Crippen molar-refractivity contribution >= 4 is 21.8 Å². The maximum atomic E-state index is 13.3. The second kappa shape index (κ2) is 8.57. The van der Waals surface area contributed by atoms with Crippen LogP contribution in [0.1, 0.15) is 17.2 Å². The summed E-state index contributed by atoms with van der Waals surface area (Å²) < 4.78 is 39.0. The zero-order valence-corrected chi connectivity index (χ0v) is 18.6. The lowest BCUT2D eigenvalue weighted by Gasteiger charge is -2.20. The van der Waals surface area contributed by atoms with Crippen LogP contribution in [0.5, 0.6) is 11.5 Å². The predicted octanol–water partition coefficient (Wildman–Crippen LogP) is 4.95. The van der Waals surface area contributed by atoms with Gasteiger partial charge in [0.25, 0.3) is 0 Å². The minimum absolute atomic E-state index is 0.232. The SMILES string of the molecule is O=S(=O)(c1ccc(-c2ccccc2)cc1)N1CCSC(c2ccc3c(c2)OCO3)CC1. The molecule has 1 atom stereocenters. The highest BCUT2D eigenvalue weighted by Crippen LogP contribution is 2.40. The number of fused-ring (bicyclic) bond motifs is 1. The van der Waals surface area contributed by atoms with Crippen molar-refractivity contribution in [2.45, 2.75) is 16.6 Å². The van der Waals surface area contributed by atoms with E-state index in [9.17, 15) is 8.42 Å². The first kappa shape index (κ1) is 20.4. The molecule has 2 aliphatic heterocycles. The lowest BCUT2D eigenvalue weighted by atomic mass is 10.1. The Hall–Kier alpha value is -2.48. The number of nitrogens with zero attached hydrogens (tertiary/aromatic N) is 1. The van der Waals surface area contributed by atoms with Crippen LogP contribution < -0.4 is 9.47 Å². The van der Waals surface area contributed by atoms with E-state index in [1.165, 1.54) is 0 Å². The minimum atomic E-state index is -3.52. The summed E-state index contributed by atoms with van der Waals surface area (Å²) in [6, 6.07) is 23.2. The molecule has 3 aromatic carbocycles. The molecule has 5 rings (SSSR count). The van der Waals surface area contributed by atoms with Crippen molar-refractivity contribution < 1.29 is 17.9 Å². The summed E-state index contributed by atoms with van der Waals surface area (Å²) in [5.41, 5.74) is 3.23. The average molecular weight is 454 g/mol. The van der Waals surface area contributed by atoms with Gasteiger partial charge in [0.05, 0.1) is 4.90 Å². The molecule has 2 heterocycles. The summed E-state index contributed by atoms with van der Waals surface area (Å²) in [6.45, 7) is 1.26. The van der Waals surface area contributed by atoms with E-state index in [0.717, 1.165) is 40.4 Å². The predicted molar refractivity (Wildman–Crippen MR) is 123 cm³/mol. The molecule has 0 bridgehead atoms. The highest BCUT2D eigenvalue weighted by atomic mass is 32.2. The van der Waals surface area contributed by atoms with E-state index in [0.29, 0.717) is 18.0 Å². The van der Waals surface area contributed by atoms with Crippen LogP contribution in [0.3, 0.4) is 0 Å². The quantitative estimate of drug-likeness (QED) is 0.559. The maximum Gasteiger partial charge on any atom is 0.243 e. The molecule has 31 heavy (non-hydrogen) atoms. The second-order valence-corrected chi connectivity index (χ2v) is 10.8. The fourth-order valence-electron chi connectivity index (χ4n) is 3.97. The molecule has 7 heteroatoms. The number of rotatable bonds is 4. The zero-order chi connectivity index (χ0) is 21.3. The number of benzene rings is 3. The molecule has 0 aliphatic carbocycles. The summed E-state index contributed by atoms with van der Waals surface area (Å²) in [5.74, 6) is 2.29. The van der Waals surface area contributed by atoms with E-state index in [1.54, 1.807) is 28.2 Å². The van der Waals surface area contributed by atoms with Gasteiger partial charge in [0.2, 0.25) is 16.8 Å². The molecular weight excluding hydrogens is 430 g/mol. The summed E-state index contributed by atoms with van der Waals surface area (Å²) in [5, 5.41) is 0.232. The van der Waals surface area contributed by atoms with E-state index >= 15 is 0 Å². The van der Waals surface area contributed by atoms with Crippen LogP contribution in [0, 0.1) is 0 Å². The van der Waals surface area contributed by atoms with Crippen molar-refractivity contribution in [2.24, 2.45) is 0 Å². The summed E-state index contributed by atoms with van der Waals surface area (Å²) >= 11 is 1.79. The minimum Gasteiger partial charge on any atom is -0.454 e. The Morgan fingerprint density at radius 3 is 2.39 bits per heavy atom. The van der Waals surface area contributed by atoms with Crippen molar-refractivity contribution in [3.63, 3.8) is 0 Å². The highest BCUT2D eigenvalue weighted by molar-refractivity contribution is 7.99. The zero-order valence-electron chi connectivity index (χ0n) is 16.9. The highest BCUT2D eigenvalue weighted by Gasteiger charge is 2.29. The Morgan fingerprint density at radius 1 is 0.839 bits per heavy atom. The molecular formula is C24H23NO4S2. The van der Waals surface area contributed by atoms with Gasteiger partial charge < -0.3 is 9.47 Å². The van der Waals surface area contributed by atoms with Crippen LogP contribution in [0.2, 0.25) is 0 Å². The van der Waals surface area contributed by atoms with Crippen molar-refractivity contribution in [3.05, 3.63) is 78.4 Å². The molecule has 160 valence electrons. The number of hydrogen-bond acceptors (Lipinski definition) is 5. The Labute approximate surface area is 187 Å². The molecule has 2 aliphatic rings. The number of thioether (sulfide) groups is 1. The Kier molecular flexibility index (Phi) is 5.65. The molecule has 5 nitrogen and oxygen atoms in total. The van der Waals surface area contributed by atoms with Crippen molar-refractivity contribution in [3.8, 4) is 22.6 Å². The Bertz CT molecular complexity index is 1160. The molecule has 3 aromatic rings. The van der Waals surface area contributed by atoms with Gasteiger partial charge in [0.15, 0.2) is 11.5 Å². The molecule has 0 saturated carbocycles. The first-order valence-electron chi connectivity index (χ1n) is 10.3. The van der Waals surface area contributed by atoms with Gasteiger partial charge in [-0.15, -0.1) is 0 Å². The van der Waals surface area contributed by atoms with Gasteiger partial charge in [-0.25, -0.2) is 8.42 Å². The summed E-state index contributed by atoms with van der Waals surface area (Å²) in [6.07, 6.45) is 0.756. The molecule has 0 aromatic heterocycles. The van der Waals surface area contributed by atoms with Crippen molar-refractivity contribution in [2.75, 3.05) is 25.6 Å². The number of hydrogen-bond donors (Lipinski definition) is 0. The third kappa shape index (κ3) is 4.18. The summed E-state index contributed by atoms with van der Waals surface area (Å²) in [7, 11) is -3.52. The average Bonchev–Trinajstić information content (AvgIpc) is 3.13. The van der Waals surface area contributed by atoms with Gasteiger partial charge in [0, 0.05) is 24.1 Å². The molecule has 0 amide bonds. The van der Waals surface area contributed by atoms with Crippen LogP contribution in [0.15, 0.2) is 77.7 Å². The topological polar surface area (TPSA) is 55.8 Å². The van der Waals surface area contributed by atoms with Crippen LogP contribution in [-0.4, -0.2) is 38.4 Å². The van der Waals surface area contributed by atoms with E-state index < -0.39 is 10.0 Å². The number of ether oxygens (including phenoxy) is 2. The largest absolute Gasteiger partial charge is 0.454 e. The van der Waals surface area contributed by atoms with Crippen LogP contribution in [0.25, 0.3) is 11.1 Å². The first-order valence-corrected chi connectivity index (χ1v) is 12.8. The fourth-order valence-corrected chi connectivity index (χ4v) is 6.76. The smallest absolute Gasteiger partial charge is 0.243 e. The third-order valence-electron chi connectivity index (χ3n) is 5.67. The fraction of sp³-hybridized carbons (Fsp3) is 0.250. The van der Waals surface area contributed by atoms with Gasteiger partial charge in [0.1, 0.15) is 0 Å². The monoisotopic (exact) mass is 453 g/mol. The van der Waals surface area contributed by atoms with Crippen LogP contribution in [0.4, 0.5) is 0 Å². The molecule has 0 spiro atoms. The van der Waals surface area contributed by atoms with Gasteiger partial charge in [-0.3, -0.25) is 0 Å². The lowest BCUT2D eigenvalue weighted by Crippen LogP contribution is -2.33. The lowest BCUT2D eigenvalue weighted by molar-refractivity contribution is 0.174. The normalized spacial score (nSPS) is 19.2.